The van der Waals surface area contributed by atoms with Crippen molar-refractivity contribution >= 4 is 23.3 Å². The third kappa shape index (κ3) is 3.21. The van der Waals surface area contributed by atoms with Gasteiger partial charge in [0.15, 0.2) is 22.9 Å². The number of esters is 1. The van der Waals surface area contributed by atoms with Gasteiger partial charge < -0.3 is 19.3 Å². The molecule has 0 saturated heterocycles. The fourth-order valence-corrected chi connectivity index (χ4v) is 3.57. The van der Waals surface area contributed by atoms with Crippen molar-refractivity contribution in [3.8, 4) is 11.5 Å². The topological polar surface area (TPSA) is 102 Å². The summed E-state index contributed by atoms with van der Waals surface area (Å²) in [4.78, 5) is 39.0. The van der Waals surface area contributed by atoms with Crippen molar-refractivity contribution < 1.29 is 33.7 Å². The van der Waals surface area contributed by atoms with Gasteiger partial charge in [-0.3, -0.25) is 19.3 Å². The van der Waals surface area contributed by atoms with Crippen molar-refractivity contribution in [2.75, 3.05) is 24.8 Å². The number of carbonyl (C=O) groups excluding carboxylic acids is 3. The number of nitrogens with zero attached hydrogens (tertiary/aromatic N) is 1. The van der Waals surface area contributed by atoms with Crippen molar-refractivity contribution in [1.29, 1.82) is 0 Å². The Bertz CT molecular complexity index is 1000. The summed E-state index contributed by atoms with van der Waals surface area (Å²) >= 11 is 0. The van der Waals surface area contributed by atoms with Crippen LogP contribution < -0.4 is 14.4 Å². The molecule has 29 heavy (non-hydrogen) atoms. The fraction of sp³-hybridized carbons (Fsp3) is 0.286. The highest BCUT2D eigenvalue weighted by Crippen LogP contribution is 2.43. The minimum Gasteiger partial charge on any atom is -0.465 e. The maximum Gasteiger partial charge on any atom is 0.326 e. The van der Waals surface area contributed by atoms with Crippen LogP contribution in [0.15, 0.2) is 42.5 Å². The van der Waals surface area contributed by atoms with Gasteiger partial charge >= 0.3 is 5.97 Å². The Morgan fingerprint density at radius 1 is 1.17 bits per heavy atom. The number of ether oxygens (including phenoxy) is 3. The van der Waals surface area contributed by atoms with Crippen molar-refractivity contribution in [1.82, 2.24) is 0 Å². The zero-order valence-electron chi connectivity index (χ0n) is 15.7. The predicted molar refractivity (Wildman–Crippen MR) is 101 cm³/mol. The third-order valence-corrected chi connectivity index (χ3v) is 4.94. The molecule has 0 saturated carbocycles. The number of rotatable bonds is 6. The Morgan fingerprint density at radius 2 is 1.93 bits per heavy atom. The molecule has 0 fully saturated rings. The second-order valence-corrected chi connectivity index (χ2v) is 6.74. The Hall–Kier alpha value is -3.39. The number of anilines is 1. The summed E-state index contributed by atoms with van der Waals surface area (Å²) in [7, 11) is 0. The highest BCUT2D eigenvalue weighted by molar-refractivity contribution is 6.12. The van der Waals surface area contributed by atoms with Gasteiger partial charge in [0.05, 0.1) is 18.7 Å². The highest BCUT2D eigenvalue weighted by Gasteiger charge is 2.51. The molecule has 0 aliphatic carbocycles. The van der Waals surface area contributed by atoms with Crippen molar-refractivity contribution in [3.05, 3.63) is 53.6 Å². The number of ketones is 1. The zero-order chi connectivity index (χ0) is 20.6. The van der Waals surface area contributed by atoms with Crippen LogP contribution >= 0.6 is 0 Å². The lowest BCUT2D eigenvalue weighted by molar-refractivity contribution is -0.144. The van der Waals surface area contributed by atoms with Gasteiger partial charge in [-0.05, 0) is 31.2 Å². The molecule has 1 atom stereocenters. The van der Waals surface area contributed by atoms with Crippen LogP contribution in [0.5, 0.6) is 11.5 Å². The molecule has 2 aromatic carbocycles. The minimum absolute atomic E-state index is 0.0750. The first-order chi connectivity index (χ1) is 13.9. The summed E-state index contributed by atoms with van der Waals surface area (Å²) in [6.45, 7) is 1.57. The van der Waals surface area contributed by atoms with Gasteiger partial charge in [-0.25, -0.2) is 0 Å². The summed E-state index contributed by atoms with van der Waals surface area (Å²) in [5.74, 6) is -0.803. The standard InChI is InChI=1S/C21H19NO7/c1-2-27-19(24)11-22-15-6-4-3-5-14(15)21(26,20(22)25)10-16(23)13-7-8-17-18(9-13)29-12-28-17/h3-9,26H,2,10-12H2,1H3. The van der Waals surface area contributed by atoms with E-state index in [9.17, 15) is 19.5 Å². The molecule has 1 amide bonds. The lowest BCUT2D eigenvalue weighted by atomic mass is 9.88. The smallest absolute Gasteiger partial charge is 0.326 e. The molecule has 0 aromatic heterocycles. The average molecular weight is 397 g/mol. The number of Topliss-reactive ketones (excluding diaryl/α,β-unsaturated/α-hetero) is 1. The molecule has 2 aliphatic rings. The molecule has 4 rings (SSSR count). The van der Waals surface area contributed by atoms with Crippen LogP contribution in [0.4, 0.5) is 5.69 Å². The van der Waals surface area contributed by atoms with Crippen LogP contribution in [-0.4, -0.2) is 42.7 Å². The van der Waals surface area contributed by atoms with Crippen LogP contribution in [0.25, 0.3) is 0 Å². The molecule has 2 heterocycles. The first kappa shape index (κ1) is 18.9. The second kappa shape index (κ2) is 7.21. The Kier molecular flexibility index (Phi) is 4.71. The molecule has 1 N–H and O–H groups in total. The number of hydrogen-bond donors (Lipinski definition) is 1. The molecule has 1 unspecified atom stereocenters. The maximum absolute atomic E-state index is 13.0. The normalized spacial score (nSPS) is 19.2. The third-order valence-electron chi connectivity index (χ3n) is 4.94. The molecule has 2 aliphatic heterocycles. The summed E-state index contributed by atoms with van der Waals surface area (Å²) in [6.07, 6.45) is -0.470. The van der Waals surface area contributed by atoms with Crippen LogP contribution in [0.2, 0.25) is 0 Å². The van der Waals surface area contributed by atoms with Crippen molar-refractivity contribution in [2.24, 2.45) is 0 Å². The van der Waals surface area contributed by atoms with Gasteiger partial charge in [-0.2, -0.15) is 0 Å². The molecule has 8 heteroatoms. The molecule has 0 bridgehead atoms. The van der Waals surface area contributed by atoms with Gasteiger partial charge in [0, 0.05) is 11.1 Å². The first-order valence-corrected chi connectivity index (χ1v) is 9.16. The average Bonchev–Trinajstić information content (AvgIpc) is 3.26. The first-order valence-electron chi connectivity index (χ1n) is 9.16. The second-order valence-electron chi connectivity index (χ2n) is 6.74. The van der Waals surface area contributed by atoms with Gasteiger partial charge in [0.25, 0.3) is 5.91 Å². The molecule has 0 spiro atoms. The van der Waals surface area contributed by atoms with E-state index in [2.05, 4.69) is 0 Å². The maximum atomic E-state index is 13.0. The molecule has 150 valence electrons. The van der Waals surface area contributed by atoms with Gasteiger partial charge in [0.2, 0.25) is 6.79 Å². The zero-order valence-corrected chi connectivity index (χ0v) is 15.7. The fourth-order valence-electron chi connectivity index (χ4n) is 3.57. The lowest BCUT2D eigenvalue weighted by Crippen LogP contribution is -2.44. The number of fused-ring (bicyclic) bond motifs is 2. The quantitative estimate of drug-likeness (QED) is 0.586. The Labute approximate surface area is 166 Å². The predicted octanol–water partition coefficient (Wildman–Crippen LogP) is 1.79. The number of hydrogen-bond acceptors (Lipinski definition) is 7. The number of aliphatic hydroxyl groups is 1. The largest absolute Gasteiger partial charge is 0.465 e. The number of carbonyl (C=O) groups is 3. The lowest BCUT2D eigenvalue weighted by Gasteiger charge is -2.22. The molecular weight excluding hydrogens is 378 g/mol. The van der Waals surface area contributed by atoms with Gasteiger partial charge in [-0.1, -0.05) is 18.2 Å². The van der Waals surface area contributed by atoms with Crippen molar-refractivity contribution in [2.45, 2.75) is 18.9 Å². The number of para-hydroxylation sites is 1. The Morgan fingerprint density at radius 3 is 2.72 bits per heavy atom. The summed E-state index contributed by atoms with van der Waals surface area (Å²) < 4.78 is 15.4. The number of benzene rings is 2. The van der Waals surface area contributed by atoms with E-state index in [1.807, 2.05) is 0 Å². The summed E-state index contributed by atoms with van der Waals surface area (Å²) in [5, 5.41) is 11.2. The monoisotopic (exact) mass is 397 g/mol. The van der Waals surface area contributed by atoms with Crippen LogP contribution in [0.1, 0.15) is 29.3 Å². The molecule has 2 aromatic rings. The highest BCUT2D eigenvalue weighted by atomic mass is 16.7. The molecular formula is C21H19NO7. The van der Waals surface area contributed by atoms with Crippen molar-refractivity contribution in [3.63, 3.8) is 0 Å². The minimum atomic E-state index is -2.07. The van der Waals surface area contributed by atoms with Gasteiger partial charge in [-0.15, -0.1) is 0 Å². The van der Waals surface area contributed by atoms with Crippen LogP contribution in [-0.2, 0) is 19.9 Å². The van der Waals surface area contributed by atoms with E-state index in [1.54, 1.807) is 43.3 Å². The van der Waals surface area contributed by atoms with E-state index >= 15 is 0 Å². The van der Waals surface area contributed by atoms with E-state index in [0.29, 0.717) is 17.2 Å². The van der Waals surface area contributed by atoms with E-state index in [1.165, 1.54) is 6.07 Å². The van der Waals surface area contributed by atoms with E-state index in [0.717, 1.165) is 4.90 Å². The SMILES string of the molecule is CCOC(=O)CN1C(=O)C(O)(CC(=O)c2ccc3c(c2)OCO3)c2ccccc21. The molecule has 0 radical (unpaired) electrons. The van der Waals surface area contributed by atoms with E-state index < -0.39 is 29.7 Å². The van der Waals surface area contributed by atoms with E-state index in [-0.39, 0.29) is 31.1 Å². The molecule has 8 nitrogen and oxygen atoms in total. The van der Waals surface area contributed by atoms with E-state index in [4.69, 9.17) is 14.2 Å². The van der Waals surface area contributed by atoms with Crippen LogP contribution in [0, 0.1) is 0 Å². The van der Waals surface area contributed by atoms with Gasteiger partial charge in [0.1, 0.15) is 6.54 Å². The summed E-state index contributed by atoms with van der Waals surface area (Å²) in [5.41, 5.74) is -1.12. The number of amides is 1. The Balaban J connectivity index is 1.63. The summed E-state index contributed by atoms with van der Waals surface area (Å²) in [6, 6.07) is 11.2. The van der Waals surface area contributed by atoms with Crippen LogP contribution in [0.3, 0.4) is 0 Å².